The number of rotatable bonds is 13. The number of benzene rings is 4. The van der Waals surface area contributed by atoms with Crippen molar-refractivity contribution < 1.29 is 18.0 Å². The first-order valence-electron chi connectivity index (χ1n) is 14.0. The van der Waals surface area contributed by atoms with Crippen molar-refractivity contribution in [1.29, 1.82) is 0 Å². The second-order valence-corrected chi connectivity index (χ2v) is 13.2. The zero-order chi connectivity index (χ0) is 31.7. The van der Waals surface area contributed by atoms with E-state index in [-0.39, 0.29) is 34.5 Å². The fourth-order valence-corrected chi connectivity index (χ4v) is 6.90. The molecule has 0 bridgehead atoms. The lowest BCUT2D eigenvalue weighted by Crippen LogP contribution is -2.53. The van der Waals surface area contributed by atoms with E-state index in [4.69, 9.17) is 34.8 Å². The number of carbonyl (C=O) groups excluding carboxylic acids is 2. The first-order valence-corrected chi connectivity index (χ1v) is 16.6. The van der Waals surface area contributed by atoms with Crippen LogP contribution in [0.15, 0.2) is 108 Å². The number of halogens is 3. The first kappa shape index (κ1) is 33.3. The lowest BCUT2D eigenvalue weighted by molar-refractivity contribution is -0.140. The summed E-state index contributed by atoms with van der Waals surface area (Å²) in [5.74, 6) is -0.962. The molecule has 44 heavy (non-hydrogen) atoms. The third kappa shape index (κ3) is 8.54. The van der Waals surface area contributed by atoms with Crippen LogP contribution < -0.4 is 9.62 Å². The molecule has 0 saturated carbocycles. The highest BCUT2D eigenvalue weighted by molar-refractivity contribution is 7.92. The van der Waals surface area contributed by atoms with Gasteiger partial charge in [-0.2, -0.15) is 0 Å². The molecule has 230 valence electrons. The molecule has 0 aliphatic heterocycles. The normalized spacial score (nSPS) is 11.9. The summed E-state index contributed by atoms with van der Waals surface area (Å²) < 4.78 is 29.0. The highest BCUT2D eigenvalue weighted by Crippen LogP contribution is 2.33. The molecular formula is C33H32Cl3N3O4S. The number of nitrogens with zero attached hydrogens (tertiary/aromatic N) is 2. The van der Waals surface area contributed by atoms with Crippen molar-refractivity contribution in [2.75, 3.05) is 17.4 Å². The molecule has 0 radical (unpaired) electrons. The first-order chi connectivity index (χ1) is 21.1. The fraction of sp³-hybridized carbons (Fsp3) is 0.212. The van der Waals surface area contributed by atoms with E-state index < -0.39 is 28.5 Å². The van der Waals surface area contributed by atoms with Crippen molar-refractivity contribution in [3.8, 4) is 0 Å². The van der Waals surface area contributed by atoms with Crippen molar-refractivity contribution in [2.24, 2.45) is 0 Å². The van der Waals surface area contributed by atoms with Gasteiger partial charge in [0.15, 0.2) is 0 Å². The van der Waals surface area contributed by atoms with Crippen LogP contribution in [-0.4, -0.2) is 44.3 Å². The SMILES string of the molecule is CCCNC(=O)[C@H](Cc1ccccc1)N(Cc1cccc(Cl)c1)C(=O)CN(c1ccc(Cl)cc1Cl)S(=O)(=O)c1ccccc1. The Labute approximate surface area is 273 Å². The van der Waals surface area contributed by atoms with E-state index in [1.54, 1.807) is 42.5 Å². The lowest BCUT2D eigenvalue weighted by Gasteiger charge is -2.34. The summed E-state index contributed by atoms with van der Waals surface area (Å²) in [5.41, 5.74) is 1.59. The predicted molar refractivity (Wildman–Crippen MR) is 177 cm³/mol. The fourth-order valence-electron chi connectivity index (χ4n) is 4.67. The van der Waals surface area contributed by atoms with Crippen molar-refractivity contribution in [3.05, 3.63) is 129 Å². The van der Waals surface area contributed by atoms with E-state index in [0.29, 0.717) is 28.6 Å². The molecule has 0 aromatic heterocycles. The standard InChI is InChI=1S/C33H32Cl3N3O4S/c1-2-18-37-33(41)31(20-24-10-5-3-6-11-24)38(22-25-12-9-13-26(34)19-25)32(40)23-39(30-17-16-27(35)21-29(30)36)44(42,43)28-14-7-4-8-15-28/h3-17,19,21,31H,2,18,20,22-23H2,1H3,(H,37,41)/t31-/m0/s1. The molecule has 0 aliphatic rings. The van der Waals surface area contributed by atoms with Gasteiger partial charge >= 0.3 is 0 Å². The maximum absolute atomic E-state index is 14.4. The third-order valence-electron chi connectivity index (χ3n) is 6.85. The molecule has 1 N–H and O–H groups in total. The van der Waals surface area contributed by atoms with Crippen LogP contribution in [0.4, 0.5) is 5.69 Å². The second-order valence-electron chi connectivity index (χ2n) is 10.1. The Kier molecular flexibility index (Phi) is 11.7. The molecule has 0 aliphatic carbocycles. The largest absolute Gasteiger partial charge is 0.354 e. The Morgan fingerprint density at radius 3 is 2.07 bits per heavy atom. The summed E-state index contributed by atoms with van der Waals surface area (Å²) in [5, 5.41) is 3.73. The molecule has 2 amide bonds. The third-order valence-corrected chi connectivity index (χ3v) is 9.40. The van der Waals surface area contributed by atoms with Gasteiger partial charge in [0.1, 0.15) is 12.6 Å². The van der Waals surface area contributed by atoms with E-state index in [9.17, 15) is 18.0 Å². The number of hydrogen-bond donors (Lipinski definition) is 1. The van der Waals surface area contributed by atoms with E-state index in [1.165, 1.54) is 35.2 Å². The summed E-state index contributed by atoms with van der Waals surface area (Å²) in [6.07, 6.45) is 0.903. The molecule has 4 aromatic rings. The van der Waals surface area contributed by atoms with E-state index in [0.717, 1.165) is 9.87 Å². The van der Waals surface area contributed by atoms with Crippen LogP contribution >= 0.6 is 34.8 Å². The molecule has 0 unspecified atom stereocenters. The molecule has 0 heterocycles. The lowest BCUT2D eigenvalue weighted by atomic mass is 10.0. The van der Waals surface area contributed by atoms with Crippen molar-refractivity contribution in [1.82, 2.24) is 10.2 Å². The van der Waals surface area contributed by atoms with Crippen LogP contribution in [0, 0.1) is 0 Å². The van der Waals surface area contributed by atoms with Gasteiger partial charge in [-0.15, -0.1) is 0 Å². The van der Waals surface area contributed by atoms with Crippen molar-refractivity contribution in [2.45, 2.75) is 37.2 Å². The zero-order valence-corrected chi connectivity index (χ0v) is 27.1. The molecule has 0 fully saturated rings. The number of anilines is 1. The molecule has 0 saturated heterocycles. The van der Waals surface area contributed by atoms with Gasteiger partial charge in [0.05, 0.1) is 15.6 Å². The van der Waals surface area contributed by atoms with Gasteiger partial charge < -0.3 is 10.2 Å². The highest BCUT2D eigenvalue weighted by Gasteiger charge is 2.35. The maximum atomic E-state index is 14.4. The molecular weight excluding hydrogens is 641 g/mol. The Bertz CT molecular complexity index is 1690. The van der Waals surface area contributed by atoms with Gasteiger partial charge in [-0.25, -0.2) is 8.42 Å². The summed E-state index contributed by atoms with van der Waals surface area (Å²) in [4.78, 5) is 29.5. The van der Waals surface area contributed by atoms with Gasteiger partial charge in [0.25, 0.3) is 10.0 Å². The number of nitrogens with one attached hydrogen (secondary N) is 1. The number of sulfonamides is 1. The molecule has 1 atom stereocenters. The summed E-state index contributed by atoms with van der Waals surface area (Å²) in [7, 11) is -4.28. The second kappa shape index (κ2) is 15.4. The topological polar surface area (TPSA) is 86.8 Å². The summed E-state index contributed by atoms with van der Waals surface area (Å²) >= 11 is 18.9. The van der Waals surface area contributed by atoms with Crippen LogP contribution in [0.1, 0.15) is 24.5 Å². The maximum Gasteiger partial charge on any atom is 0.264 e. The average molecular weight is 673 g/mol. The van der Waals surface area contributed by atoms with Crippen LogP contribution in [0.2, 0.25) is 15.1 Å². The summed E-state index contributed by atoms with van der Waals surface area (Å²) in [6, 6.07) is 27.5. The molecule has 11 heteroatoms. The van der Waals surface area contributed by atoms with E-state index in [2.05, 4.69) is 5.32 Å². The van der Waals surface area contributed by atoms with Crippen LogP contribution in [0.5, 0.6) is 0 Å². The van der Waals surface area contributed by atoms with E-state index in [1.807, 2.05) is 37.3 Å². The van der Waals surface area contributed by atoms with Gasteiger partial charge in [0.2, 0.25) is 11.8 Å². The molecule has 7 nitrogen and oxygen atoms in total. The quantitative estimate of drug-likeness (QED) is 0.166. The average Bonchev–Trinajstić information content (AvgIpc) is 3.01. The Balaban J connectivity index is 1.81. The number of amides is 2. The minimum atomic E-state index is -4.28. The smallest absolute Gasteiger partial charge is 0.264 e. The minimum absolute atomic E-state index is 0.00398. The van der Waals surface area contributed by atoms with Crippen LogP contribution in [-0.2, 0) is 32.6 Å². The van der Waals surface area contributed by atoms with Crippen molar-refractivity contribution in [3.63, 3.8) is 0 Å². The Hall–Kier alpha value is -3.56. The Morgan fingerprint density at radius 1 is 0.795 bits per heavy atom. The molecule has 4 rings (SSSR count). The number of hydrogen-bond acceptors (Lipinski definition) is 4. The minimum Gasteiger partial charge on any atom is -0.354 e. The van der Waals surface area contributed by atoms with E-state index >= 15 is 0 Å². The van der Waals surface area contributed by atoms with Gasteiger partial charge in [-0.1, -0.05) is 102 Å². The summed E-state index contributed by atoms with van der Waals surface area (Å²) in [6.45, 7) is 1.72. The van der Waals surface area contributed by atoms with Crippen molar-refractivity contribution >= 4 is 62.3 Å². The monoisotopic (exact) mass is 671 g/mol. The predicted octanol–water partition coefficient (Wildman–Crippen LogP) is 7.01. The number of carbonyl (C=O) groups is 2. The zero-order valence-electron chi connectivity index (χ0n) is 24.0. The Morgan fingerprint density at radius 2 is 1.43 bits per heavy atom. The van der Waals surface area contributed by atoms with Gasteiger partial charge in [-0.3, -0.25) is 13.9 Å². The highest BCUT2D eigenvalue weighted by atomic mass is 35.5. The van der Waals surface area contributed by atoms with Crippen LogP contribution in [0.25, 0.3) is 0 Å². The molecule has 0 spiro atoms. The van der Waals surface area contributed by atoms with Crippen LogP contribution in [0.3, 0.4) is 0 Å². The van der Waals surface area contributed by atoms with Gasteiger partial charge in [-0.05, 0) is 60.0 Å². The molecule has 4 aromatic carbocycles. The van der Waals surface area contributed by atoms with Gasteiger partial charge in [0, 0.05) is 29.6 Å².